The first-order valence-corrected chi connectivity index (χ1v) is 16.9. The van der Waals surface area contributed by atoms with Gasteiger partial charge in [-0.1, -0.05) is 54.1 Å². The number of hydrogen-bond donors (Lipinski definition) is 4. The lowest BCUT2D eigenvalue weighted by molar-refractivity contribution is 0.0814. The van der Waals surface area contributed by atoms with E-state index >= 15 is 0 Å². The van der Waals surface area contributed by atoms with Gasteiger partial charge in [0.2, 0.25) is 10.0 Å². The molecule has 0 spiro atoms. The monoisotopic (exact) mass is 662 g/mol. The van der Waals surface area contributed by atoms with Crippen molar-refractivity contribution in [3.8, 4) is 0 Å². The fourth-order valence-corrected chi connectivity index (χ4v) is 7.25. The van der Waals surface area contributed by atoms with E-state index in [1.165, 1.54) is 4.31 Å². The van der Waals surface area contributed by atoms with Crippen LogP contribution in [0.25, 0.3) is 0 Å². The average molecular weight is 664 g/mol. The number of sulfonamides is 1. The van der Waals surface area contributed by atoms with E-state index in [1.807, 2.05) is 61.5 Å². The molecule has 8 nitrogen and oxygen atoms in total. The molecule has 1 aliphatic rings. The Morgan fingerprint density at radius 1 is 1.02 bits per heavy atom. The van der Waals surface area contributed by atoms with Crippen LogP contribution < -0.4 is 20.3 Å². The van der Waals surface area contributed by atoms with Crippen LogP contribution in [0.2, 0.25) is 5.02 Å². The summed E-state index contributed by atoms with van der Waals surface area (Å²) in [4.78, 5) is 13.7. The van der Waals surface area contributed by atoms with Gasteiger partial charge in [-0.25, -0.2) is 8.42 Å². The van der Waals surface area contributed by atoms with Crippen molar-refractivity contribution >= 4 is 51.3 Å². The molecule has 1 amide bonds. The van der Waals surface area contributed by atoms with E-state index < -0.39 is 22.2 Å². The smallest absolute Gasteiger partial charge is 0.251 e. The van der Waals surface area contributed by atoms with Gasteiger partial charge in [0.25, 0.3) is 5.91 Å². The largest absolute Gasteiger partial charge is 0.390 e. The summed E-state index contributed by atoms with van der Waals surface area (Å²) in [5, 5.41) is 21.8. The summed E-state index contributed by atoms with van der Waals surface area (Å²) >= 11 is 6.18. The van der Waals surface area contributed by atoms with Gasteiger partial charge in [-0.2, -0.15) is 0 Å². The van der Waals surface area contributed by atoms with Crippen LogP contribution in [0.4, 0.5) is 11.4 Å². The maximum absolute atomic E-state index is 13.7. The molecule has 240 valence electrons. The number of nitrogens with one attached hydrogen (secondary N) is 3. The van der Waals surface area contributed by atoms with Crippen molar-refractivity contribution < 1.29 is 18.3 Å². The molecule has 2 atom stereocenters. The van der Waals surface area contributed by atoms with Crippen LogP contribution in [0, 0.1) is 0 Å². The first-order valence-electron chi connectivity index (χ1n) is 14.9. The minimum atomic E-state index is -3.46. The fourth-order valence-electron chi connectivity index (χ4n) is 5.42. The number of carbonyl (C=O) groups excluding carboxylic acids is 1. The Balaban J connectivity index is 0.00000529. The summed E-state index contributed by atoms with van der Waals surface area (Å²) in [5.74, 6) is -0.292. The highest BCUT2D eigenvalue weighted by Crippen LogP contribution is 2.28. The van der Waals surface area contributed by atoms with Gasteiger partial charge in [-0.3, -0.25) is 9.10 Å². The van der Waals surface area contributed by atoms with Crippen LogP contribution in [0.5, 0.6) is 0 Å². The Kier molecular flexibility index (Phi) is 12.9. The lowest BCUT2D eigenvalue weighted by atomic mass is 9.94. The Labute approximate surface area is 273 Å². The average Bonchev–Trinajstić information content (AvgIpc) is 2.95. The molecule has 3 aromatic rings. The van der Waals surface area contributed by atoms with E-state index in [2.05, 4.69) is 29.8 Å². The van der Waals surface area contributed by atoms with Gasteiger partial charge in [-0.15, -0.1) is 12.4 Å². The molecule has 1 fully saturated rings. The number of benzene rings is 3. The molecule has 0 aromatic heterocycles. The number of nitrogens with zero attached hydrogens (tertiary/aromatic N) is 1. The van der Waals surface area contributed by atoms with E-state index in [1.54, 1.807) is 18.2 Å². The third-order valence-corrected chi connectivity index (χ3v) is 9.71. The molecule has 11 heteroatoms. The SMILES string of the molecule is CCNc1cc(C(=O)N[C@@H](Cc2ccccc2)[C@H](O)CNC(C)(C)Cc2cccc(Cl)c2)cc(N2CCCCS2(=O)=O)c1.Cl. The van der Waals surface area contributed by atoms with Gasteiger partial charge < -0.3 is 21.1 Å². The summed E-state index contributed by atoms with van der Waals surface area (Å²) in [7, 11) is -3.46. The van der Waals surface area contributed by atoms with Gasteiger partial charge in [0.05, 0.1) is 23.6 Å². The van der Waals surface area contributed by atoms with Gasteiger partial charge in [-0.05, 0) is 87.9 Å². The third-order valence-electron chi connectivity index (χ3n) is 7.60. The van der Waals surface area contributed by atoms with Gasteiger partial charge in [0.1, 0.15) is 0 Å². The first-order chi connectivity index (χ1) is 20.5. The molecule has 0 unspecified atom stereocenters. The fraction of sp³-hybridized carbons (Fsp3) is 0.424. The highest BCUT2D eigenvalue weighted by Gasteiger charge is 2.29. The van der Waals surface area contributed by atoms with Crippen LogP contribution in [0.15, 0.2) is 72.8 Å². The van der Waals surface area contributed by atoms with Crippen LogP contribution in [-0.4, -0.2) is 62.5 Å². The summed E-state index contributed by atoms with van der Waals surface area (Å²) in [5.41, 5.74) is 3.17. The zero-order valence-electron chi connectivity index (χ0n) is 25.6. The molecule has 1 heterocycles. The maximum atomic E-state index is 13.7. The van der Waals surface area contributed by atoms with Gasteiger partial charge in [0, 0.05) is 41.4 Å². The molecular weight excluding hydrogens is 619 g/mol. The number of anilines is 2. The Hall–Kier alpha value is -2.82. The third kappa shape index (κ3) is 10.1. The van der Waals surface area contributed by atoms with Crippen molar-refractivity contribution in [2.45, 2.75) is 64.1 Å². The number of aliphatic hydroxyl groups is 1. The Morgan fingerprint density at radius 3 is 2.43 bits per heavy atom. The molecule has 1 aliphatic heterocycles. The molecule has 44 heavy (non-hydrogen) atoms. The van der Waals surface area contributed by atoms with Crippen LogP contribution in [0.3, 0.4) is 0 Å². The number of β-amino-alcohol motifs (C(OH)–C–C–N with tert-alkyl or cyclic N) is 1. The summed E-state index contributed by atoms with van der Waals surface area (Å²) in [6.07, 6.45) is 1.61. The second kappa shape index (κ2) is 16.0. The highest BCUT2D eigenvalue weighted by molar-refractivity contribution is 7.92. The Bertz CT molecular complexity index is 1490. The molecule has 0 saturated carbocycles. The second-order valence-corrected chi connectivity index (χ2v) is 14.3. The number of hydrogen-bond acceptors (Lipinski definition) is 6. The van der Waals surface area contributed by atoms with E-state index in [0.29, 0.717) is 54.3 Å². The lowest BCUT2D eigenvalue weighted by Gasteiger charge is -2.31. The topological polar surface area (TPSA) is 111 Å². The number of halogens is 2. The van der Waals surface area contributed by atoms with E-state index in [4.69, 9.17) is 11.6 Å². The number of amides is 1. The van der Waals surface area contributed by atoms with Crippen LogP contribution >= 0.6 is 24.0 Å². The van der Waals surface area contributed by atoms with Crippen LogP contribution in [0.1, 0.15) is 55.1 Å². The van der Waals surface area contributed by atoms with Gasteiger partial charge >= 0.3 is 0 Å². The quantitative estimate of drug-likeness (QED) is 0.194. The number of rotatable bonds is 13. The standard InChI is InChI=1S/C33H43ClN4O4S.ClH/c1-4-35-28-19-26(20-29(21-28)38-15-8-9-16-43(38,41)42)32(40)37-30(18-24-11-6-5-7-12-24)31(39)23-36-33(2,3)22-25-13-10-14-27(34)17-25;/h5-7,10-14,17,19-21,30-31,35-36,39H,4,8-9,15-16,18,22-23H2,1-3H3,(H,37,40);1H/t30-,31+;/m0./s1. The summed E-state index contributed by atoms with van der Waals surface area (Å²) in [6.45, 7) is 7.31. The van der Waals surface area contributed by atoms with E-state index in [-0.39, 0.29) is 36.2 Å². The first kappa shape index (κ1) is 35.7. The summed E-state index contributed by atoms with van der Waals surface area (Å²) in [6, 6.07) is 21.9. The molecule has 0 aliphatic carbocycles. The predicted molar refractivity (Wildman–Crippen MR) is 183 cm³/mol. The molecule has 1 saturated heterocycles. The maximum Gasteiger partial charge on any atom is 0.251 e. The van der Waals surface area contributed by atoms with E-state index in [9.17, 15) is 18.3 Å². The minimum Gasteiger partial charge on any atom is -0.390 e. The molecule has 3 aromatic carbocycles. The molecule has 4 N–H and O–H groups in total. The highest BCUT2D eigenvalue weighted by atomic mass is 35.5. The van der Waals surface area contributed by atoms with Crippen LogP contribution in [-0.2, 0) is 22.9 Å². The molecule has 0 bridgehead atoms. The van der Waals surface area contributed by atoms with E-state index in [0.717, 1.165) is 17.5 Å². The van der Waals surface area contributed by atoms with Crippen molar-refractivity contribution in [2.24, 2.45) is 0 Å². The number of carbonyl (C=O) groups is 1. The van der Waals surface area contributed by atoms with Crippen molar-refractivity contribution in [1.29, 1.82) is 0 Å². The van der Waals surface area contributed by atoms with Crippen molar-refractivity contribution in [3.63, 3.8) is 0 Å². The minimum absolute atomic E-state index is 0. The second-order valence-electron chi connectivity index (χ2n) is 11.8. The molecule has 0 radical (unpaired) electrons. The number of aliphatic hydroxyl groups excluding tert-OH is 1. The zero-order valence-corrected chi connectivity index (χ0v) is 27.9. The van der Waals surface area contributed by atoms with Crippen molar-refractivity contribution in [3.05, 3.63) is 94.5 Å². The Morgan fingerprint density at radius 2 is 1.75 bits per heavy atom. The predicted octanol–water partition coefficient (Wildman–Crippen LogP) is 5.44. The zero-order chi connectivity index (χ0) is 31.0. The summed E-state index contributed by atoms with van der Waals surface area (Å²) < 4.78 is 27.1. The van der Waals surface area contributed by atoms with Crippen molar-refractivity contribution in [2.75, 3.05) is 35.0 Å². The van der Waals surface area contributed by atoms with Gasteiger partial charge in [0.15, 0.2) is 0 Å². The molecular formula is C33H44Cl2N4O4S. The molecule has 4 rings (SSSR count). The normalized spacial score (nSPS) is 16.0. The lowest BCUT2D eigenvalue weighted by Crippen LogP contribution is -2.52. The van der Waals surface area contributed by atoms with Crippen molar-refractivity contribution in [1.82, 2.24) is 10.6 Å².